The second kappa shape index (κ2) is 8.89. The number of methoxy groups -OCH3 is 1. The van der Waals surface area contributed by atoms with E-state index in [0.29, 0.717) is 5.70 Å². The van der Waals surface area contributed by atoms with Crippen molar-refractivity contribution in [2.24, 2.45) is 0 Å². The number of amides is 2. The van der Waals surface area contributed by atoms with Crippen LogP contribution in [0.2, 0.25) is 0 Å². The number of nitrogens with zero attached hydrogens (tertiary/aromatic N) is 2. The van der Waals surface area contributed by atoms with Gasteiger partial charge in [0.05, 0.1) is 18.3 Å². The lowest BCUT2D eigenvalue weighted by Gasteiger charge is -2.44. The molecule has 0 aromatic carbocycles. The highest BCUT2D eigenvalue weighted by atomic mass is 32.2. The Hall–Kier alpha value is -2.81. The number of rotatable bonds is 7. The Bertz CT molecular complexity index is 1210. The van der Waals surface area contributed by atoms with Gasteiger partial charge in [-0.1, -0.05) is 0 Å². The Kier molecular flexibility index (Phi) is 6.54. The molecule has 0 radical (unpaired) electrons. The van der Waals surface area contributed by atoms with Crippen LogP contribution in [-0.4, -0.2) is 100 Å². The van der Waals surface area contributed by atoms with Crippen LogP contribution in [0.5, 0.6) is 0 Å². The molecule has 0 saturated carbocycles. The van der Waals surface area contributed by atoms with Gasteiger partial charge in [-0.2, -0.15) is 0 Å². The molecule has 15 heteroatoms. The number of allylic oxidation sites excluding steroid dienone is 1. The third kappa shape index (κ3) is 4.06. The summed E-state index contributed by atoms with van der Waals surface area (Å²) in [6.45, 7) is 7.07. The fourth-order valence-corrected chi connectivity index (χ4v) is 8.91. The van der Waals surface area contributed by atoms with Gasteiger partial charge in [-0.15, -0.1) is 11.8 Å². The summed E-state index contributed by atoms with van der Waals surface area (Å²) in [5.41, 5.74) is 0.431. The lowest BCUT2D eigenvalue weighted by molar-refractivity contribution is -0.181. The van der Waals surface area contributed by atoms with Crippen molar-refractivity contribution < 1.29 is 46.6 Å². The Labute approximate surface area is 218 Å². The summed E-state index contributed by atoms with van der Waals surface area (Å²) in [7, 11) is -2.54. The SMILES string of the molecule is COC(=O)C=C(C)N[C@@H]1C(=O)N2[C@@H]1SC(C)(C)[C@@H]2C(=O)OCOC(=O)[C@@H]1N2C(=O)C[C@H]2S(=O)(=O)C1(C)C. The van der Waals surface area contributed by atoms with Gasteiger partial charge in [-0.05, 0) is 34.6 Å². The van der Waals surface area contributed by atoms with E-state index < -0.39 is 78.8 Å². The Morgan fingerprint density at radius 2 is 1.68 bits per heavy atom. The number of thioether (sulfide) groups is 1. The summed E-state index contributed by atoms with van der Waals surface area (Å²) in [5.74, 6) is -3.19. The first-order chi connectivity index (χ1) is 17.1. The molecule has 204 valence electrons. The summed E-state index contributed by atoms with van der Waals surface area (Å²) in [6.07, 6.45) is 1.03. The molecule has 37 heavy (non-hydrogen) atoms. The van der Waals surface area contributed by atoms with Crippen LogP contribution in [0.4, 0.5) is 0 Å². The maximum Gasteiger partial charge on any atom is 0.333 e. The van der Waals surface area contributed by atoms with Crippen LogP contribution in [0.25, 0.3) is 0 Å². The van der Waals surface area contributed by atoms with E-state index in [-0.39, 0.29) is 12.3 Å². The van der Waals surface area contributed by atoms with E-state index >= 15 is 0 Å². The molecule has 4 heterocycles. The lowest BCUT2D eigenvalue weighted by atomic mass is 9.96. The van der Waals surface area contributed by atoms with Crippen LogP contribution >= 0.6 is 11.8 Å². The number of carbonyl (C=O) groups is 5. The number of ether oxygens (including phenoxy) is 3. The van der Waals surface area contributed by atoms with Crippen LogP contribution in [0.15, 0.2) is 11.8 Å². The minimum Gasteiger partial charge on any atom is -0.466 e. The van der Waals surface area contributed by atoms with E-state index in [1.54, 1.807) is 20.8 Å². The van der Waals surface area contributed by atoms with Crippen LogP contribution in [0.3, 0.4) is 0 Å². The number of fused-ring (bicyclic) bond motifs is 2. The van der Waals surface area contributed by atoms with E-state index in [1.807, 2.05) is 0 Å². The largest absolute Gasteiger partial charge is 0.466 e. The topological polar surface area (TPSA) is 166 Å². The normalized spacial score (nSPS) is 32.5. The molecule has 4 fully saturated rings. The predicted molar refractivity (Wildman–Crippen MR) is 128 cm³/mol. The quantitative estimate of drug-likeness (QED) is 0.180. The molecule has 13 nitrogen and oxygen atoms in total. The molecule has 0 bridgehead atoms. The van der Waals surface area contributed by atoms with E-state index in [4.69, 9.17) is 9.47 Å². The first-order valence-electron chi connectivity index (χ1n) is 11.5. The fourth-order valence-electron chi connectivity index (χ4n) is 5.16. The standard InChI is InChI=1S/C22H29N3O10S2/c1-10(7-13(27)33-6)23-14-17(28)25-15(21(2,3)36-18(14)25)19(29)34-9-35-20(30)16-22(4,5)37(31,32)12-8-11(26)24(12)16/h7,12,14-16,18,23H,8-9H2,1-6H3/t12-,14-,15+,16+,18-/m1/s1. The molecule has 4 aliphatic heterocycles. The van der Waals surface area contributed by atoms with E-state index in [0.717, 1.165) is 4.90 Å². The monoisotopic (exact) mass is 559 g/mol. The third-order valence-corrected chi connectivity index (χ3v) is 11.6. The molecule has 4 aliphatic rings. The summed E-state index contributed by atoms with van der Waals surface area (Å²) in [4.78, 5) is 64.4. The van der Waals surface area contributed by atoms with E-state index in [2.05, 4.69) is 10.1 Å². The first kappa shape index (κ1) is 27.2. The molecule has 2 amide bonds. The predicted octanol–water partition coefficient (Wildman–Crippen LogP) is -0.738. The highest BCUT2D eigenvalue weighted by Crippen LogP contribution is 2.51. The minimum absolute atomic E-state index is 0.183. The molecule has 1 N–H and O–H groups in total. The van der Waals surface area contributed by atoms with Crippen molar-refractivity contribution in [2.75, 3.05) is 13.9 Å². The van der Waals surface area contributed by atoms with Gasteiger partial charge in [-0.25, -0.2) is 22.8 Å². The number of hydrogen-bond acceptors (Lipinski definition) is 12. The lowest BCUT2D eigenvalue weighted by Crippen LogP contribution is -2.69. The minimum atomic E-state index is -3.78. The van der Waals surface area contributed by atoms with Crippen molar-refractivity contribution in [3.8, 4) is 0 Å². The second-order valence-corrected chi connectivity index (χ2v) is 14.7. The molecule has 0 unspecified atom stereocenters. The molecule has 4 saturated heterocycles. The van der Waals surface area contributed by atoms with Crippen LogP contribution in [0, 0.1) is 0 Å². The Morgan fingerprint density at radius 1 is 1.08 bits per heavy atom. The van der Waals surface area contributed by atoms with Gasteiger partial charge in [0, 0.05) is 16.5 Å². The number of esters is 3. The Morgan fingerprint density at radius 3 is 2.24 bits per heavy atom. The highest BCUT2D eigenvalue weighted by molar-refractivity contribution is 8.01. The maximum absolute atomic E-state index is 12.9. The van der Waals surface area contributed by atoms with Gasteiger partial charge in [0.1, 0.15) is 28.9 Å². The third-order valence-electron chi connectivity index (χ3n) is 7.18. The second-order valence-electron chi connectivity index (χ2n) is 10.3. The number of β-lactam (4-membered cyclic amide) rings is 2. The Balaban J connectivity index is 1.37. The van der Waals surface area contributed by atoms with Crippen molar-refractivity contribution in [1.82, 2.24) is 15.1 Å². The van der Waals surface area contributed by atoms with Gasteiger partial charge in [0.2, 0.25) is 18.6 Å². The van der Waals surface area contributed by atoms with Crippen LogP contribution in [0.1, 0.15) is 41.0 Å². The first-order valence-corrected chi connectivity index (χ1v) is 13.9. The fraction of sp³-hybridized carbons (Fsp3) is 0.682. The van der Waals surface area contributed by atoms with Crippen molar-refractivity contribution in [2.45, 2.75) is 79.4 Å². The molecular formula is C22H29N3O10S2. The summed E-state index contributed by atoms with van der Waals surface area (Å²) < 4.78 is 37.9. The molecule has 0 aromatic heterocycles. The van der Waals surface area contributed by atoms with Gasteiger partial charge in [0.15, 0.2) is 9.84 Å². The molecule has 0 spiro atoms. The number of carbonyl (C=O) groups excluding carboxylic acids is 5. The van der Waals surface area contributed by atoms with Gasteiger partial charge < -0.3 is 29.3 Å². The zero-order valence-electron chi connectivity index (χ0n) is 21.2. The molecular weight excluding hydrogens is 530 g/mol. The maximum atomic E-state index is 12.9. The van der Waals surface area contributed by atoms with E-state index in [1.165, 1.54) is 43.7 Å². The van der Waals surface area contributed by atoms with Crippen molar-refractivity contribution in [3.63, 3.8) is 0 Å². The van der Waals surface area contributed by atoms with Gasteiger partial charge in [0.25, 0.3) is 0 Å². The van der Waals surface area contributed by atoms with Gasteiger partial charge in [-0.3, -0.25) is 9.59 Å². The highest BCUT2D eigenvalue weighted by Gasteiger charge is 2.68. The summed E-state index contributed by atoms with van der Waals surface area (Å²) >= 11 is 1.38. The number of hydrogen-bond donors (Lipinski definition) is 1. The van der Waals surface area contributed by atoms with Gasteiger partial charge >= 0.3 is 17.9 Å². The summed E-state index contributed by atoms with van der Waals surface area (Å²) in [6, 6.07) is -2.98. The van der Waals surface area contributed by atoms with Crippen molar-refractivity contribution in [1.29, 1.82) is 0 Å². The van der Waals surface area contributed by atoms with E-state index in [9.17, 15) is 32.4 Å². The zero-order valence-corrected chi connectivity index (χ0v) is 22.8. The molecule has 0 aliphatic carbocycles. The van der Waals surface area contributed by atoms with Crippen molar-refractivity contribution in [3.05, 3.63) is 11.8 Å². The number of nitrogens with one attached hydrogen (secondary N) is 1. The smallest absolute Gasteiger partial charge is 0.333 e. The molecule has 0 aromatic rings. The average Bonchev–Trinajstić information content (AvgIpc) is 3.12. The molecule has 5 atom stereocenters. The summed E-state index contributed by atoms with van der Waals surface area (Å²) in [5, 5.41) is 1.50. The molecule has 4 rings (SSSR count). The van der Waals surface area contributed by atoms with Crippen LogP contribution < -0.4 is 5.32 Å². The van der Waals surface area contributed by atoms with Crippen LogP contribution in [-0.2, 0) is 48.0 Å². The average molecular weight is 560 g/mol. The zero-order chi connectivity index (χ0) is 27.7. The number of sulfone groups is 1. The van der Waals surface area contributed by atoms with Crippen molar-refractivity contribution >= 4 is 51.3 Å².